The Hall–Kier alpha value is -2.73. The molecule has 1 saturated heterocycles. The lowest BCUT2D eigenvalue weighted by Crippen LogP contribution is -2.40. The number of ether oxygens (including phenoxy) is 2. The molecule has 26 heavy (non-hydrogen) atoms. The van der Waals surface area contributed by atoms with E-state index in [1.807, 2.05) is 18.2 Å². The van der Waals surface area contributed by atoms with Gasteiger partial charge in [0, 0.05) is 25.2 Å². The molecular formula is C20H23N3O3. The van der Waals surface area contributed by atoms with Crippen LogP contribution in [-0.2, 0) is 11.3 Å². The number of nitrogens with two attached hydrogens (primary N) is 1. The summed E-state index contributed by atoms with van der Waals surface area (Å²) in [5.74, 6) is 1.20. The highest BCUT2D eigenvalue weighted by Gasteiger charge is 2.27. The number of rotatable bonds is 4. The minimum absolute atomic E-state index is 0.00771. The quantitative estimate of drug-likeness (QED) is 0.827. The number of piperidine rings is 1. The van der Waals surface area contributed by atoms with Crippen molar-refractivity contribution >= 4 is 17.3 Å². The maximum absolute atomic E-state index is 12.8. The molecule has 2 heterocycles. The van der Waals surface area contributed by atoms with Gasteiger partial charge < -0.3 is 20.5 Å². The average molecular weight is 353 g/mol. The minimum atomic E-state index is -0.0442. The van der Waals surface area contributed by atoms with E-state index < -0.39 is 0 Å². The van der Waals surface area contributed by atoms with Crippen LogP contribution in [0.4, 0.5) is 11.4 Å². The SMILES string of the molecule is Nc1cc2c(cc1NC(=O)C1CCCN(Cc3ccccc3)C1)OCO2. The highest BCUT2D eigenvalue weighted by atomic mass is 16.7. The van der Waals surface area contributed by atoms with Gasteiger partial charge in [-0.05, 0) is 24.9 Å². The molecule has 6 nitrogen and oxygen atoms in total. The first-order valence-electron chi connectivity index (χ1n) is 8.95. The molecule has 2 aliphatic rings. The van der Waals surface area contributed by atoms with Crippen LogP contribution < -0.4 is 20.5 Å². The molecule has 0 spiro atoms. The molecule has 0 saturated carbocycles. The van der Waals surface area contributed by atoms with Crippen LogP contribution in [0.3, 0.4) is 0 Å². The third kappa shape index (κ3) is 3.60. The summed E-state index contributed by atoms with van der Waals surface area (Å²) in [4.78, 5) is 15.1. The summed E-state index contributed by atoms with van der Waals surface area (Å²) in [7, 11) is 0. The van der Waals surface area contributed by atoms with Crippen molar-refractivity contribution in [1.29, 1.82) is 0 Å². The van der Waals surface area contributed by atoms with Gasteiger partial charge in [0.2, 0.25) is 12.7 Å². The van der Waals surface area contributed by atoms with E-state index in [1.165, 1.54) is 5.56 Å². The van der Waals surface area contributed by atoms with Crippen LogP contribution in [0.5, 0.6) is 11.5 Å². The Kier molecular flexibility index (Phi) is 4.67. The van der Waals surface area contributed by atoms with Gasteiger partial charge in [0.25, 0.3) is 0 Å². The van der Waals surface area contributed by atoms with Gasteiger partial charge in [0.15, 0.2) is 11.5 Å². The first kappa shape index (κ1) is 16.7. The third-order valence-electron chi connectivity index (χ3n) is 4.93. The fourth-order valence-electron chi connectivity index (χ4n) is 3.56. The van der Waals surface area contributed by atoms with Crippen molar-refractivity contribution in [1.82, 2.24) is 4.90 Å². The Morgan fingerprint density at radius 1 is 1.19 bits per heavy atom. The van der Waals surface area contributed by atoms with Gasteiger partial charge in [0.05, 0.1) is 17.3 Å². The average Bonchev–Trinajstić information content (AvgIpc) is 3.10. The van der Waals surface area contributed by atoms with E-state index in [-0.39, 0.29) is 18.6 Å². The molecular weight excluding hydrogens is 330 g/mol. The van der Waals surface area contributed by atoms with Gasteiger partial charge in [-0.2, -0.15) is 0 Å². The highest BCUT2D eigenvalue weighted by Crippen LogP contribution is 2.38. The molecule has 0 bridgehead atoms. The monoisotopic (exact) mass is 353 g/mol. The standard InChI is InChI=1S/C20H23N3O3/c21-16-9-18-19(26-13-25-18)10-17(16)22-20(24)15-7-4-8-23(12-15)11-14-5-2-1-3-6-14/h1-3,5-6,9-10,15H,4,7-8,11-13,21H2,(H,22,24). The number of benzene rings is 2. The fraction of sp³-hybridized carbons (Fsp3) is 0.350. The fourth-order valence-corrected chi connectivity index (χ4v) is 3.56. The predicted molar refractivity (Wildman–Crippen MR) is 100 cm³/mol. The van der Waals surface area contributed by atoms with Crippen LogP contribution in [0.25, 0.3) is 0 Å². The van der Waals surface area contributed by atoms with Crippen LogP contribution in [0.1, 0.15) is 18.4 Å². The number of hydrogen-bond donors (Lipinski definition) is 2. The third-order valence-corrected chi connectivity index (χ3v) is 4.93. The molecule has 6 heteroatoms. The largest absolute Gasteiger partial charge is 0.454 e. The molecule has 2 aromatic carbocycles. The zero-order chi connectivity index (χ0) is 17.9. The Balaban J connectivity index is 1.40. The summed E-state index contributed by atoms with van der Waals surface area (Å²) in [6.07, 6.45) is 1.91. The lowest BCUT2D eigenvalue weighted by Gasteiger charge is -2.32. The van der Waals surface area contributed by atoms with E-state index in [4.69, 9.17) is 15.2 Å². The van der Waals surface area contributed by atoms with Crippen molar-refractivity contribution in [3.63, 3.8) is 0 Å². The van der Waals surface area contributed by atoms with E-state index in [0.29, 0.717) is 22.9 Å². The second-order valence-corrected chi connectivity index (χ2v) is 6.84. The van der Waals surface area contributed by atoms with E-state index in [0.717, 1.165) is 32.5 Å². The Morgan fingerprint density at radius 3 is 2.77 bits per heavy atom. The number of amides is 1. The minimum Gasteiger partial charge on any atom is -0.454 e. The summed E-state index contributed by atoms with van der Waals surface area (Å²) < 4.78 is 10.7. The summed E-state index contributed by atoms with van der Waals surface area (Å²) in [5.41, 5.74) is 8.38. The molecule has 0 aromatic heterocycles. The van der Waals surface area contributed by atoms with Crippen molar-refractivity contribution in [2.45, 2.75) is 19.4 Å². The Morgan fingerprint density at radius 2 is 1.96 bits per heavy atom. The number of anilines is 2. The van der Waals surface area contributed by atoms with Gasteiger partial charge in [-0.15, -0.1) is 0 Å². The number of likely N-dealkylation sites (tertiary alicyclic amines) is 1. The molecule has 1 fully saturated rings. The second kappa shape index (κ2) is 7.25. The van der Waals surface area contributed by atoms with E-state index in [2.05, 4.69) is 22.3 Å². The van der Waals surface area contributed by atoms with Crippen molar-refractivity contribution in [2.75, 3.05) is 30.9 Å². The number of carbonyl (C=O) groups is 1. The van der Waals surface area contributed by atoms with Crippen molar-refractivity contribution < 1.29 is 14.3 Å². The van der Waals surface area contributed by atoms with Crippen molar-refractivity contribution in [3.8, 4) is 11.5 Å². The summed E-state index contributed by atoms with van der Waals surface area (Å²) in [5, 5.41) is 2.97. The molecule has 1 atom stereocenters. The molecule has 1 amide bonds. The van der Waals surface area contributed by atoms with Gasteiger partial charge in [-0.1, -0.05) is 30.3 Å². The molecule has 1 unspecified atom stereocenters. The Labute approximate surface area is 152 Å². The van der Waals surface area contributed by atoms with Gasteiger partial charge >= 0.3 is 0 Å². The number of carbonyl (C=O) groups excluding carboxylic acids is 1. The summed E-state index contributed by atoms with van der Waals surface area (Å²) in [6, 6.07) is 13.8. The number of hydrogen-bond acceptors (Lipinski definition) is 5. The van der Waals surface area contributed by atoms with Crippen LogP contribution >= 0.6 is 0 Å². The van der Waals surface area contributed by atoms with Gasteiger partial charge in [-0.3, -0.25) is 9.69 Å². The van der Waals surface area contributed by atoms with E-state index >= 15 is 0 Å². The normalized spacial score (nSPS) is 19.3. The lowest BCUT2D eigenvalue weighted by atomic mass is 9.96. The predicted octanol–water partition coefficient (Wildman–Crippen LogP) is 2.85. The molecule has 0 radical (unpaired) electrons. The maximum Gasteiger partial charge on any atom is 0.231 e. The first-order chi connectivity index (χ1) is 12.7. The van der Waals surface area contributed by atoms with Crippen LogP contribution in [0.15, 0.2) is 42.5 Å². The molecule has 2 aromatic rings. The molecule has 3 N–H and O–H groups in total. The smallest absolute Gasteiger partial charge is 0.231 e. The number of fused-ring (bicyclic) bond motifs is 1. The molecule has 2 aliphatic heterocycles. The van der Waals surface area contributed by atoms with E-state index in [9.17, 15) is 4.79 Å². The van der Waals surface area contributed by atoms with Gasteiger partial charge in [0.1, 0.15) is 0 Å². The maximum atomic E-state index is 12.8. The summed E-state index contributed by atoms with van der Waals surface area (Å²) in [6.45, 7) is 2.83. The summed E-state index contributed by atoms with van der Waals surface area (Å²) >= 11 is 0. The van der Waals surface area contributed by atoms with Crippen molar-refractivity contribution in [2.24, 2.45) is 5.92 Å². The van der Waals surface area contributed by atoms with E-state index in [1.54, 1.807) is 12.1 Å². The number of nitrogen functional groups attached to an aromatic ring is 1. The first-order valence-corrected chi connectivity index (χ1v) is 8.95. The molecule has 136 valence electrons. The van der Waals surface area contributed by atoms with Crippen LogP contribution in [-0.4, -0.2) is 30.7 Å². The van der Waals surface area contributed by atoms with Crippen LogP contribution in [0, 0.1) is 5.92 Å². The highest BCUT2D eigenvalue weighted by molar-refractivity contribution is 5.96. The van der Waals surface area contributed by atoms with Crippen molar-refractivity contribution in [3.05, 3.63) is 48.0 Å². The van der Waals surface area contributed by atoms with Gasteiger partial charge in [-0.25, -0.2) is 0 Å². The lowest BCUT2D eigenvalue weighted by molar-refractivity contribution is -0.121. The second-order valence-electron chi connectivity index (χ2n) is 6.84. The number of nitrogens with zero attached hydrogens (tertiary/aromatic N) is 1. The zero-order valence-electron chi connectivity index (χ0n) is 14.6. The zero-order valence-corrected chi connectivity index (χ0v) is 14.6. The Bertz CT molecular complexity index is 794. The number of nitrogens with one attached hydrogen (secondary N) is 1. The molecule has 4 rings (SSSR count). The van der Waals surface area contributed by atoms with Crippen LogP contribution in [0.2, 0.25) is 0 Å². The topological polar surface area (TPSA) is 76.8 Å². The molecule has 0 aliphatic carbocycles.